The minimum absolute atomic E-state index is 0.0105. The summed E-state index contributed by atoms with van der Waals surface area (Å²) in [5.41, 5.74) is -0.381. The lowest BCUT2D eigenvalue weighted by atomic mass is 9.95. The van der Waals surface area contributed by atoms with Crippen LogP contribution in [0.5, 0.6) is 0 Å². The highest BCUT2D eigenvalue weighted by molar-refractivity contribution is 9.10. The van der Waals surface area contributed by atoms with E-state index in [-0.39, 0.29) is 4.47 Å². The molecule has 0 unspecified atom stereocenters. The molecule has 0 fully saturated rings. The summed E-state index contributed by atoms with van der Waals surface area (Å²) in [7, 11) is -5.61. The zero-order chi connectivity index (χ0) is 20.1. The highest BCUT2D eigenvalue weighted by Gasteiger charge is 2.51. The highest BCUT2D eigenvalue weighted by Crippen LogP contribution is 2.60. The fourth-order valence-electron chi connectivity index (χ4n) is 4.01. The quantitative estimate of drug-likeness (QED) is 0.491. The molecule has 4 nitrogen and oxygen atoms in total. The number of alkyl halides is 2. The summed E-state index contributed by atoms with van der Waals surface area (Å²) in [6.45, 7) is 0.510. The third-order valence-corrected chi connectivity index (χ3v) is 6.98. The lowest BCUT2D eigenvalue weighted by Gasteiger charge is -2.20. The van der Waals surface area contributed by atoms with Gasteiger partial charge >= 0.3 is 13.3 Å². The molecule has 3 aromatic rings. The van der Waals surface area contributed by atoms with Crippen LogP contribution in [0.25, 0.3) is 10.9 Å². The van der Waals surface area contributed by atoms with Gasteiger partial charge in [0.25, 0.3) is 0 Å². The monoisotopic (exact) mass is 469 g/mol. The van der Waals surface area contributed by atoms with Gasteiger partial charge in [-0.2, -0.15) is 8.78 Å². The number of benzene rings is 2. The third kappa shape index (κ3) is 3.24. The van der Waals surface area contributed by atoms with E-state index in [4.69, 9.17) is 9.79 Å². The Morgan fingerprint density at radius 3 is 2.54 bits per heavy atom. The van der Waals surface area contributed by atoms with Gasteiger partial charge in [-0.1, -0.05) is 46.3 Å². The zero-order valence-electron chi connectivity index (χ0n) is 14.9. The summed E-state index contributed by atoms with van der Waals surface area (Å²) in [6.07, 6.45) is 4.32. The number of hydrogen-bond acceptors (Lipinski definition) is 1. The fourth-order valence-corrected chi connectivity index (χ4v) is 5.35. The Hall–Kier alpha value is -1.53. The third-order valence-electron chi connectivity index (χ3n) is 5.35. The van der Waals surface area contributed by atoms with Crippen LogP contribution in [0.3, 0.4) is 0 Å². The molecule has 1 aliphatic carbocycles. The molecule has 0 radical (unpaired) electrons. The predicted octanol–water partition coefficient (Wildman–Crippen LogP) is 5.56. The number of para-hydroxylation sites is 1. The molecule has 0 aliphatic heterocycles. The highest BCUT2D eigenvalue weighted by atomic mass is 79.9. The molecule has 1 heterocycles. The van der Waals surface area contributed by atoms with Crippen molar-refractivity contribution in [2.24, 2.45) is 0 Å². The molecular weight excluding hydrogens is 451 g/mol. The van der Waals surface area contributed by atoms with E-state index in [0.717, 1.165) is 36.4 Å². The van der Waals surface area contributed by atoms with E-state index in [1.165, 1.54) is 35.2 Å². The number of hydrogen-bond donors (Lipinski definition) is 2. The first-order valence-corrected chi connectivity index (χ1v) is 11.4. The van der Waals surface area contributed by atoms with E-state index in [0.29, 0.717) is 6.54 Å². The molecular formula is C20H19BrF2NO3P. The molecule has 0 atom stereocenters. The smallest absolute Gasteiger partial charge is 0.340 e. The number of rotatable bonds is 4. The largest absolute Gasteiger partial charge is 0.399 e. The minimum Gasteiger partial charge on any atom is -0.340 e. The number of aryl methyl sites for hydroxylation is 1. The van der Waals surface area contributed by atoms with Gasteiger partial charge in [-0.15, -0.1) is 0 Å². The second-order valence-corrected chi connectivity index (χ2v) is 9.64. The maximum atomic E-state index is 14.1. The Morgan fingerprint density at radius 1 is 1.11 bits per heavy atom. The Labute approximate surface area is 169 Å². The molecule has 28 heavy (non-hydrogen) atoms. The molecule has 4 rings (SSSR count). The van der Waals surface area contributed by atoms with Crippen LogP contribution < -0.4 is 0 Å². The molecule has 0 saturated carbocycles. The van der Waals surface area contributed by atoms with Gasteiger partial charge in [0.1, 0.15) is 0 Å². The maximum Gasteiger partial charge on any atom is 0.399 e. The van der Waals surface area contributed by atoms with E-state index in [9.17, 15) is 13.3 Å². The number of aromatic nitrogens is 1. The van der Waals surface area contributed by atoms with Crippen LogP contribution in [-0.4, -0.2) is 14.4 Å². The zero-order valence-corrected chi connectivity index (χ0v) is 17.4. The normalized spacial score (nSPS) is 15.0. The van der Waals surface area contributed by atoms with Crippen LogP contribution in [-0.2, 0) is 29.6 Å². The lowest BCUT2D eigenvalue weighted by Crippen LogP contribution is -2.15. The van der Waals surface area contributed by atoms with Gasteiger partial charge in [0.15, 0.2) is 0 Å². The van der Waals surface area contributed by atoms with Crippen molar-refractivity contribution in [1.29, 1.82) is 0 Å². The summed E-state index contributed by atoms with van der Waals surface area (Å²) < 4.78 is 41.5. The van der Waals surface area contributed by atoms with E-state index in [1.807, 2.05) is 12.1 Å². The first-order valence-electron chi connectivity index (χ1n) is 9.01. The van der Waals surface area contributed by atoms with Crippen LogP contribution in [0.1, 0.15) is 35.2 Å². The minimum atomic E-state index is -5.61. The molecule has 2 N–H and O–H groups in total. The summed E-state index contributed by atoms with van der Waals surface area (Å²) in [4.78, 5) is 18.0. The molecule has 0 saturated heterocycles. The predicted molar refractivity (Wildman–Crippen MR) is 108 cm³/mol. The first kappa shape index (κ1) is 19.8. The van der Waals surface area contributed by atoms with Crippen molar-refractivity contribution in [2.75, 3.05) is 0 Å². The number of fused-ring (bicyclic) bond motifs is 3. The summed E-state index contributed by atoms with van der Waals surface area (Å²) in [5, 5.41) is 1.24. The Bertz CT molecular complexity index is 1110. The van der Waals surface area contributed by atoms with Gasteiger partial charge < -0.3 is 14.4 Å². The molecule has 0 bridgehead atoms. The Kier molecular flexibility index (Phi) is 4.99. The Balaban J connectivity index is 1.75. The lowest BCUT2D eigenvalue weighted by molar-refractivity contribution is 0.0557. The van der Waals surface area contributed by atoms with Crippen LogP contribution >= 0.6 is 23.5 Å². The summed E-state index contributed by atoms with van der Waals surface area (Å²) >= 11 is 3.07. The maximum absolute atomic E-state index is 14.1. The molecule has 8 heteroatoms. The second-order valence-electron chi connectivity index (χ2n) is 7.14. The number of halogens is 3. The van der Waals surface area contributed by atoms with E-state index in [2.05, 4.69) is 32.6 Å². The van der Waals surface area contributed by atoms with Crippen molar-refractivity contribution in [3.63, 3.8) is 0 Å². The van der Waals surface area contributed by atoms with Crippen LogP contribution in [0.15, 0.2) is 46.9 Å². The number of nitrogens with zero attached hydrogens (tertiary/aromatic N) is 1. The van der Waals surface area contributed by atoms with Gasteiger partial charge in [-0.25, -0.2) is 0 Å². The topological polar surface area (TPSA) is 62.5 Å². The molecule has 148 valence electrons. The van der Waals surface area contributed by atoms with Gasteiger partial charge in [-0.05, 0) is 48.9 Å². The second kappa shape index (κ2) is 7.06. The first-order chi connectivity index (χ1) is 13.2. The average Bonchev–Trinajstić information content (AvgIpc) is 2.95. The van der Waals surface area contributed by atoms with Crippen molar-refractivity contribution in [3.8, 4) is 0 Å². The van der Waals surface area contributed by atoms with Crippen molar-refractivity contribution in [1.82, 2.24) is 4.57 Å². The van der Waals surface area contributed by atoms with E-state index < -0.39 is 18.8 Å². The Morgan fingerprint density at radius 2 is 1.82 bits per heavy atom. The van der Waals surface area contributed by atoms with Gasteiger partial charge in [0.05, 0.1) is 0 Å². The van der Waals surface area contributed by atoms with Crippen molar-refractivity contribution >= 4 is 34.4 Å². The summed E-state index contributed by atoms with van der Waals surface area (Å²) in [6, 6.07) is 12.3. The SMILES string of the molecule is O=P(O)(O)C(F)(F)c1ccc(Cn2c3c(c4ccccc42)CCCC3)cc1Br. The fraction of sp³-hybridized carbons (Fsp3) is 0.300. The average molecular weight is 470 g/mol. The molecule has 2 aromatic carbocycles. The summed E-state index contributed by atoms with van der Waals surface area (Å²) in [5.74, 6) is 0. The van der Waals surface area contributed by atoms with Crippen LogP contribution in [0.4, 0.5) is 8.78 Å². The van der Waals surface area contributed by atoms with Crippen molar-refractivity contribution in [2.45, 2.75) is 37.9 Å². The molecule has 0 spiro atoms. The van der Waals surface area contributed by atoms with Gasteiger partial charge in [0, 0.05) is 33.2 Å². The van der Waals surface area contributed by atoms with Crippen LogP contribution in [0, 0.1) is 0 Å². The van der Waals surface area contributed by atoms with E-state index in [1.54, 1.807) is 0 Å². The van der Waals surface area contributed by atoms with Crippen molar-refractivity contribution < 1.29 is 23.1 Å². The van der Waals surface area contributed by atoms with Crippen molar-refractivity contribution in [3.05, 3.63) is 69.3 Å². The van der Waals surface area contributed by atoms with Gasteiger partial charge in [0.2, 0.25) is 0 Å². The van der Waals surface area contributed by atoms with Gasteiger partial charge in [-0.3, -0.25) is 4.57 Å². The molecule has 1 aliphatic rings. The van der Waals surface area contributed by atoms with E-state index >= 15 is 0 Å². The standard InChI is InChI=1S/C20H19BrF2NO3P/c21-17-11-13(9-10-16(17)20(22,23)28(25,26)27)12-24-18-7-3-1-5-14(18)15-6-2-4-8-19(15)24/h1,3,5,7,9-11H,2,4,6,8,12H2,(H2,25,26,27). The van der Waals surface area contributed by atoms with Crippen LogP contribution in [0.2, 0.25) is 0 Å². The molecule has 1 aromatic heterocycles. The molecule has 0 amide bonds.